The maximum absolute atomic E-state index is 13.7. The van der Waals surface area contributed by atoms with Crippen LogP contribution in [0.2, 0.25) is 0 Å². The molecule has 2 N–H and O–H groups in total. The lowest BCUT2D eigenvalue weighted by Gasteiger charge is -2.30. The van der Waals surface area contributed by atoms with E-state index < -0.39 is 0 Å². The molecule has 3 aromatic carbocycles. The number of carbonyl (C=O) groups excluding carboxylic acids is 1. The van der Waals surface area contributed by atoms with Gasteiger partial charge in [0.2, 0.25) is 0 Å². The molecule has 5 rings (SSSR count). The number of ketones is 1. The number of nitrogens with zero attached hydrogens (tertiary/aromatic N) is 1. The average Bonchev–Trinajstić information content (AvgIpc) is 3.05. The third-order valence-electron chi connectivity index (χ3n) is 6.88. The van der Waals surface area contributed by atoms with Gasteiger partial charge in [0.25, 0.3) is 0 Å². The fraction of sp³-hybridized carbons (Fsp3) is 0.300. The number of carbonyl (C=O) groups is 1. The van der Waals surface area contributed by atoms with Gasteiger partial charge in [-0.15, -0.1) is 0 Å². The number of Topliss-reactive ketones (excluding diaryl/α,β-unsaturated/α-hetero) is 1. The molecule has 0 radical (unpaired) electrons. The van der Waals surface area contributed by atoms with Crippen LogP contribution in [0.25, 0.3) is 0 Å². The summed E-state index contributed by atoms with van der Waals surface area (Å²) in [6, 6.07) is 24.7. The lowest BCUT2D eigenvalue weighted by molar-refractivity contribution is -0.116. The monoisotopic (exact) mass is 467 g/mol. The van der Waals surface area contributed by atoms with E-state index in [1.807, 2.05) is 38.4 Å². The van der Waals surface area contributed by atoms with Crippen molar-refractivity contribution in [2.45, 2.75) is 38.1 Å². The van der Waals surface area contributed by atoms with Crippen LogP contribution >= 0.6 is 0 Å². The molecule has 35 heavy (non-hydrogen) atoms. The van der Waals surface area contributed by atoms with Gasteiger partial charge in [-0.25, -0.2) is 0 Å². The Hall–Kier alpha value is -3.73. The minimum atomic E-state index is -0.198. The Morgan fingerprint density at radius 3 is 2.26 bits per heavy atom. The van der Waals surface area contributed by atoms with Crippen molar-refractivity contribution in [3.63, 3.8) is 0 Å². The number of ether oxygens (including phenoxy) is 1. The molecule has 0 fully saturated rings. The topological polar surface area (TPSA) is 53.6 Å². The summed E-state index contributed by atoms with van der Waals surface area (Å²) in [6.07, 6.45) is 2.27. The summed E-state index contributed by atoms with van der Waals surface area (Å²) in [5.74, 6) is 1.21. The van der Waals surface area contributed by atoms with E-state index in [0.717, 1.165) is 52.5 Å². The van der Waals surface area contributed by atoms with Crippen LogP contribution in [0.15, 0.2) is 84.1 Å². The second-order valence-electron chi connectivity index (χ2n) is 9.57. The second kappa shape index (κ2) is 9.87. The smallest absolute Gasteiger partial charge is 0.163 e. The van der Waals surface area contributed by atoms with Crippen molar-refractivity contribution in [3.05, 3.63) is 95.2 Å². The van der Waals surface area contributed by atoms with Crippen molar-refractivity contribution in [2.75, 3.05) is 36.2 Å². The van der Waals surface area contributed by atoms with Crippen LogP contribution < -0.4 is 20.3 Å². The van der Waals surface area contributed by atoms with Crippen LogP contribution in [-0.2, 0) is 4.79 Å². The van der Waals surface area contributed by atoms with Gasteiger partial charge in [-0.3, -0.25) is 4.79 Å². The lowest BCUT2D eigenvalue weighted by Crippen LogP contribution is -2.26. The van der Waals surface area contributed by atoms with Crippen LogP contribution in [0.5, 0.6) is 5.75 Å². The Morgan fingerprint density at radius 1 is 0.886 bits per heavy atom. The minimum absolute atomic E-state index is 0.135. The molecule has 2 atom stereocenters. The molecule has 0 saturated carbocycles. The van der Waals surface area contributed by atoms with E-state index in [9.17, 15) is 4.79 Å². The summed E-state index contributed by atoms with van der Waals surface area (Å²) in [4.78, 5) is 15.8. The summed E-state index contributed by atoms with van der Waals surface area (Å²) in [5, 5.41) is 7.29. The third kappa shape index (κ3) is 4.76. The highest BCUT2D eigenvalue weighted by molar-refractivity contribution is 6.01. The molecule has 0 saturated heterocycles. The van der Waals surface area contributed by atoms with E-state index in [4.69, 9.17) is 4.74 Å². The number of fused-ring (bicyclic) bond motifs is 1. The number of hydrogen-bond donors (Lipinski definition) is 2. The van der Waals surface area contributed by atoms with E-state index in [1.54, 1.807) is 0 Å². The SMILES string of the molecule is CCCOc1ccc(C2CC(=O)C3=C(C2)Nc2ccccc2NC3c2ccc(N(C)C)cc2)cc1. The highest BCUT2D eigenvalue weighted by atomic mass is 16.5. The van der Waals surface area contributed by atoms with Gasteiger partial charge < -0.3 is 20.3 Å². The number of hydrogen-bond acceptors (Lipinski definition) is 5. The fourth-order valence-electron chi connectivity index (χ4n) is 5.00. The van der Waals surface area contributed by atoms with Gasteiger partial charge >= 0.3 is 0 Å². The molecule has 2 aliphatic rings. The van der Waals surface area contributed by atoms with Gasteiger partial charge in [0, 0.05) is 37.5 Å². The number of nitrogens with one attached hydrogen (secondary N) is 2. The Morgan fingerprint density at radius 2 is 1.57 bits per heavy atom. The van der Waals surface area contributed by atoms with E-state index in [1.165, 1.54) is 5.56 Å². The van der Waals surface area contributed by atoms with Gasteiger partial charge in [0.1, 0.15) is 5.75 Å². The maximum atomic E-state index is 13.7. The molecule has 1 aliphatic heterocycles. The molecule has 1 aliphatic carbocycles. The van der Waals surface area contributed by atoms with Crippen molar-refractivity contribution < 1.29 is 9.53 Å². The number of para-hydroxylation sites is 2. The van der Waals surface area contributed by atoms with Crippen molar-refractivity contribution in [3.8, 4) is 5.75 Å². The van der Waals surface area contributed by atoms with E-state index in [0.29, 0.717) is 13.0 Å². The average molecular weight is 468 g/mol. The van der Waals surface area contributed by atoms with Crippen LogP contribution in [0.4, 0.5) is 17.1 Å². The van der Waals surface area contributed by atoms with E-state index in [2.05, 4.69) is 71.0 Å². The van der Waals surface area contributed by atoms with Gasteiger partial charge in [0.15, 0.2) is 5.78 Å². The van der Waals surface area contributed by atoms with Crippen LogP contribution in [0.3, 0.4) is 0 Å². The van der Waals surface area contributed by atoms with Crippen molar-refractivity contribution in [2.24, 2.45) is 0 Å². The van der Waals surface area contributed by atoms with E-state index >= 15 is 0 Å². The first-order valence-corrected chi connectivity index (χ1v) is 12.4. The zero-order valence-corrected chi connectivity index (χ0v) is 20.7. The van der Waals surface area contributed by atoms with Gasteiger partial charge in [-0.1, -0.05) is 43.3 Å². The molecule has 5 nitrogen and oxygen atoms in total. The summed E-state index contributed by atoms with van der Waals surface area (Å²) in [5.41, 5.74) is 7.26. The normalized spacial score (nSPS) is 19.1. The minimum Gasteiger partial charge on any atom is -0.494 e. The predicted octanol–water partition coefficient (Wildman–Crippen LogP) is 6.52. The lowest BCUT2D eigenvalue weighted by atomic mass is 9.78. The molecule has 2 unspecified atom stereocenters. The van der Waals surface area contributed by atoms with Crippen molar-refractivity contribution in [1.29, 1.82) is 0 Å². The zero-order chi connectivity index (χ0) is 24.4. The summed E-state index contributed by atoms with van der Waals surface area (Å²) < 4.78 is 5.75. The molecular formula is C30H33N3O2. The summed E-state index contributed by atoms with van der Waals surface area (Å²) in [7, 11) is 4.07. The Kier molecular flexibility index (Phi) is 6.49. The van der Waals surface area contributed by atoms with Gasteiger partial charge in [-0.2, -0.15) is 0 Å². The maximum Gasteiger partial charge on any atom is 0.163 e. The van der Waals surface area contributed by atoms with E-state index in [-0.39, 0.29) is 17.7 Å². The molecule has 0 bridgehead atoms. The number of anilines is 3. The highest BCUT2D eigenvalue weighted by Gasteiger charge is 2.36. The first-order valence-electron chi connectivity index (χ1n) is 12.4. The first kappa shape index (κ1) is 23.0. The Balaban J connectivity index is 1.50. The number of allylic oxidation sites excluding steroid dienone is 1. The second-order valence-corrected chi connectivity index (χ2v) is 9.57. The molecule has 0 aromatic heterocycles. The quantitative estimate of drug-likeness (QED) is 0.432. The molecule has 1 heterocycles. The molecule has 3 aromatic rings. The van der Waals surface area contributed by atoms with Gasteiger partial charge in [-0.05, 0) is 66.3 Å². The molecule has 180 valence electrons. The largest absolute Gasteiger partial charge is 0.494 e. The molecule has 0 spiro atoms. The summed E-state index contributed by atoms with van der Waals surface area (Å²) in [6.45, 7) is 2.81. The standard InChI is InChI=1S/C30H33N3O2/c1-4-17-35-24-15-11-20(12-16-24)22-18-27-29(28(34)19-22)30(21-9-13-23(14-10-21)33(2)3)32-26-8-6-5-7-25(26)31-27/h5-16,22,30-32H,4,17-19H2,1-3H3. The van der Waals surface area contributed by atoms with Crippen LogP contribution in [0, 0.1) is 0 Å². The predicted molar refractivity (Wildman–Crippen MR) is 143 cm³/mol. The van der Waals surface area contributed by atoms with Crippen molar-refractivity contribution in [1.82, 2.24) is 0 Å². The number of rotatable bonds is 6. The molecule has 0 amide bonds. The Bertz CT molecular complexity index is 1230. The third-order valence-corrected chi connectivity index (χ3v) is 6.88. The van der Waals surface area contributed by atoms with Crippen molar-refractivity contribution >= 4 is 22.8 Å². The zero-order valence-electron chi connectivity index (χ0n) is 20.7. The number of benzene rings is 3. The van der Waals surface area contributed by atoms with Crippen LogP contribution in [0.1, 0.15) is 49.3 Å². The molecular weight excluding hydrogens is 434 g/mol. The van der Waals surface area contributed by atoms with Gasteiger partial charge in [0.05, 0.1) is 24.0 Å². The highest BCUT2D eigenvalue weighted by Crippen LogP contribution is 2.44. The summed E-state index contributed by atoms with van der Waals surface area (Å²) >= 11 is 0. The van der Waals surface area contributed by atoms with Crippen LogP contribution in [-0.4, -0.2) is 26.5 Å². The first-order chi connectivity index (χ1) is 17.0. The molecule has 5 heteroatoms. The Labute approximate surface area is 207 Å². The fourth-order valence-corrected chi connectivity index (χ4v) is 5.00.